The maximum absolute atomic E-state index is 12.0. The third-order valence-electron chi connectivity index (χ3n) is 4.49. The fourth-order valence-electron chi connectivity index (χ4n) is 2.85. The van der Waals surface area contributed by atoms with E-state index < -0.39 is 11.8 Å². The Morgan fingerprint density at radius 1 is 1.03 bits per heavy atom. The molecule has 162 valence electrons. The van der Waals surface area contributed by atoms with Gasteiger partial charge in [0.2, 0.25) is 0 Å². The molecule has 2 aromatic rings. The summed E-state index contributed by atoms with van der Waals surface area (Å²) in [5.74, 6) is -1.38. The van der Waals surface area contributed by atoms with Gasteiger partial charge in [-0.1, -0.05) is 29.3 Å². The number of benzene rings is 2. The van der Waals surface area contributed by atoms with E-state index in [-0.39, 0.29) is 28.2 Å². The fourth-order valence-corrected chi connectivity index (χ4v) is 3.20. The summed E-state index contributed by atoms with van der Waals surface area (Å²) < 4.78 is 5.51. The molecule has 1 aliphatic heterocycles. The summed E-state index contributed by atoms with van der Waals surface area (Å²) >= 11 is 11.8. The van der Waals surface area contributed by atoms with Crippen LogP contribution in [0.1, 0.15) is 18.4 Å². The van der Waals surface area contributed by atoms with Gasteiger partial charge in [-0.2, -0.15) is 5.10 Å². The largest absolute Gasteiger partial charge is 0.484 e. The first kappa shape index (κ1) is 22.6. The van der Waals surface area contributed by atoms with Gasteiger partial charge in [-0.05, 0) is 54.8 Å². The Kier molecular flexibility index (Phi) is 7.86. The van der Waals surface area contributed by atoms with Crippen molar-refractivity contribution >= 4 is 52.8 Å². The van der Waals surface area contributed by atoms with Gasteiger partial charge in [0.25, 0.3) is 5.91 Å². The summed E-state index contributed by atoms with van der Waals surface area (Å²) in [5, 5.41) is 6.51. The predicted molar refractivity (Wildman–Crippen MR) is 119 cm³/mol. The SMILES string of the molecule is O=C(N/N=C\c1ccc(OCC(=O)N2CCCC2)cc1)C(=O)Nc1cccc(Cl)c1Cl. The molecule has 0 bridgehead atoms. The van der Waals surface area contributed by atoms with Crippen LogP contribution in [0.15, 0.2) is 47.6 Å². The average molecular weight is 463 g/mol. The number of hydrogen-bond donors (Lipinski definition) is 2. The summed E-state index contributed by atoms with van der Waals surface area (Å²) in [6.45, 7) is 1.57. The number of carbonyl (C=O) groups is 3. The Hall–Kier alpha value is -3.10. The molecule has 0 unspecified atom stereocenters. The third kappa shape index (κ3) is 6.44. The number of nitrogens with one attached hydrogen (secondary N) is 2. The van der Waals surface area contributed by atoms with Crippen LogP contribution >= 0.6 is 23.2 Å². The number of likely N-dealkylation sites (tertiary alicyclic amines) is 1. The lowest BCUT2D eigenvalue weighted by Crippen LogP contribution is -2.32. The van der Waals surface area contributed by atoms with Crippen molar-refractivity contribution in [3.63, 3.8) is 0 Å². The normalized spacial score (nSPS) is 13.3. The Balaban J connectivity index is 1.45. The second-order valence-electron chi connectivity index (χ2n) is 6.70. The molecule has 1 heterocycles. The zero-order valence-electron chi connectivity index (χ0n) is 16.4. The van der Waals surface area contributed by atoms with Crippen molar-refractivity contribution in [1.82, 2.24) is 10.3 Å². The molecule has 3 amide bonds. The van der Waals surface area contributed by atoms with Crippen LogP contribution in [0, 0.1) is 0 Å². The smallest absolute Gasteiger partial charge is 0.329 e. The highest BCUT2D eigenvalue weighted by molar-refractivity contribution is 6.45. The molecule has 0 aliphatic carbocycles. The Morgan fingerprint density at radius 2 is 1.74 bits per heavy atom. The lowest BCUT2D eigenvalue weighted by atomic mass is 10.2. The second kappa shape index (κ2) is 10.8. The molecular formula is C21H20Cl2N4O4. The van der Waals surface area contributed by atoms with Crippen LogP contribution in [0.5, 0.6) is 5.75 Å². The van der Waals surface area contributed by atoms with E-state index in [9.17, 15) is 14.4 Å². The molecule has 0 radical (unpaired) electrons. The molecule has 0 spiro atoms. The van der Waals surface area contributed by atoms with Crippen LogP contribution in [-0.2, 0) is 14.4 Å². The molecule has 2 N–H and O–H groups in total. The summed E-state index contributed by atoms with van der Waals surface area (Å²) in [7, 11) is 0. The number of nitrogens with zero attached hydrogens (tertiary/aromatic N) is 2. The third-order valence-corrected chi connectivity index (χ3v) is 5.31. The van der Waals surface area contributed by atoms with E-state index in [0.717, 1.165) is 25.9 Å². The van der Waals surface area contributed by atoms with Crippen LogP contribution in [0.25, 0.3) is 0 Å². The second-order valence-corrected chi connectivity index (χ2v) is 7.49. The summed E-state index contributed by atoms with van der Waals surface area (Å²) in [4.78, 5) is 37.6. The molecule has 3 rings (SSSR count). The zero-order valence-corrected chi connectivity index (χ0v) is 17.9. The number of rotatable bonds is 6. The maximum Gasteiger partial charge on any atom is 0.329 e. The van der Waals surface area contributed by atoms with Crippen molar-refractivity contribution in [3.8, 4) is 5.75 Å². The number of halogens is 2. The molecule has 10 heteroatoms. The van der Waals surface area contributed by atoms with Gasteiger partial charge in [0, 0.05) is 13.1 Å². The predicted octanol–water partition coefficient (Wildman–Crippen LogP) is 3.08. The quantitative estimate of drug-likeness (QED) is 0.391. The summed E-state index contributed by atoms with van der Waals surface area (Å²) in [6, 6.07) is 11.5. The zero-order chi connectivity index (χ0) is 22.2. The molecule has 1 saturated heterocycles. The average Bonchev–Trinajstić information content (AvgIpc) is 3.31. The number of hydrazone groups is 1. The molecule has 0 saturated carbocycles. The Bertz CT molecular complexity index is 989. The minimum atomic E-state index is -0.965. The van der Waals surface area contributed by atoms with Crippen LogP contribution < -0.4 is 15.5 Å². The van der Waals surface area contributed by atoms with Crippen LogP contribution in [0.4, 0.5) is 5.69 Å². The first-order valence-electron chi connectivity index (χ1n) is 9.53. The summed E-state index contributed by atoms with van der Waals surface area (Å²) in [6.07, 6.45) is 3.44. The number of hydrogen-bond acceptors (Lipinski definition) is 5. The van der Waals surface area contributed by atoms with E-state index >= 15 is 0 Å². The topological polar surface area (TPSA) is 100 Å². The van der Waals surface area contributed by atoms with Crippen molar-refractivity contribution in [3.05, 3.63) is 58.1 Å². The van der Waals surface area contributed by atoms with E-state index in [4.69, 9.17) is 27.9 Å². The molecule has 0 aromatic heterocycles. The lowest BCUT2D eigenvalue weighted by molar-refractivity contribution is -0.136. The molecule has 1 aliphatic rings. The van der Waals surface area contributed by atoms with Gasteiger partial charge in [-0.15, -0.1) is 0 Å². The van der Waals surface area contributed by atoms with Crippen LogP contribution in [0.3, 0.4) is 0 Å². The van der Waals surface area contributed by atoms with Crippen LogP contribution in [0.2, 0.25) is 10.0 Å². The van der Waals surface area contributed by atoms with Gasteiger partial charge in [0.1, 0.15) is 5.75 Å². The van der Waals surface area contributed by atoms with Crippen molar-refractivity contribution in [2.24, 2.45) is 5.10 Å². The van der Waals surface area contributed by atoms with Gasteiger partial charge in [0.05, 0.1) is 21.9 Å². The Morgan fingerprint density at radius 3 is 2.45 bits per heavy atom. The van der Waals surface area contributed by atoms with E-state index in [1.165, 1.54) is 12.3 Å². The van der Waals surface area contributed by atoms with E-state index in [0.29, 0.717) is 11.3 Å². The van der Waals surface area contributed by atoms with Gasteiger partial charge < -0.3 is 15.0 Å². The molecule has 1 fully saturated rings. The highest BCUT2D eigenvalue weighted by Crippen LogP contribution is 2.29. The highest BCUT2D eigenvalue weighted by Gasteiger charge is 2.18. The van der Waals surface area contributed by atoms with E-state index in [1.54, 1.807) is 41.3 Å². The highest BCUT2D eigenvalue weighted by atomic mass is 35.5. The number of carbonyl (C=O) groups excluding carboxylic acids is 3. The number of anilines is 1. The van der Waals surface area contributed by atoms with Crippen molar-refractivity contribution < 1.29 is 19.1 Å². The molecule has 8 nitrogen and oxygen atoms in total. The summed E-state index contributed by atoms with van der Waals surface area (Å²) in [5.41, 5.74) is 3.02. The fraction of sp³-hybridized carbons (Fsp3) is 0.238. The van der Waals surface area contributed by atoms with Gasteiger partial charge in [0.15, 0.2) is 6.61 Å². The number of amides is 3. The monoisotopic (exact) mass is 462 g/mol. The Labute approximate surface area is 189 Å². The van der Waals surface area contributed by atoms with Gasteiger partial charge in [-0.3, -0.25) is 14.4 Å². The minimum Gasteiger partial charge on any atom is -0.484 e. The first-order valence-corrected chi connectivity index (χ1v) is 10.3. The minimum absolute atomic E-state index is 0.00471. The standard InChI is InChI=1S/C21H20Cl2N4O4/c22-16-4-3-5-17(19(16)23)25-20(29)21(30)26-24-12-14-6-8-15(9-7-14)31-13-18(28)27-10-1-2-11-27/h3-9,12H,1-2,10-11,13H2,(H,25,29)(H,26,30)/b24-12-. The van der Waals surface area contributed by atoms with Crippen molar-refractivity contribution in [1.29, 1.82) is 0 Å². The van der Waals surface area contributed by atoms with Crippen molar-refractivity contribution in [2.75, 3.05) is 25.0 Å². The van der Waals surface area contributed by atoms with Crippen molar-refractivity contribution in [2.45, 2.75) is 12.8 Å². The van der Waals surface area contributed by atoms with Gasteiger partial charge in [-0.25, -0.2) is 5.43 Å². The molecule has 2 aromatic carbocycles. The molecular weight excluding hydrogens is 443 g/mol. The first-order chi connectivity index (χ1) is 14.9. The molecule has 0 atom stereocenters. The maximum atomic E-state index is 12.0. The molecule has 31 heavy (non-hydrogen) atoms. The lowest BCUT2D eigenvalue weighted by Gasteiger charge is -2.15. The van der Waals surface area contributed by atoms with E-state index in [2.05, 4.69) is 15.8 Å². The van der Waals surface area contributed by atoms with E-state index in [1.807, 2.05) is 0 Å². The van der Waals surface area contributed by atoms with Crippen LogP contribution in [-0.4, -0.2) is 48.5 Å². The van der Waals surface area contributed by atoms with Gasteiger partial charge >= 0.3 is 11.8 Å². The number of ether oxygens (including phenoxy) is 1.